The van der Waals surface area contributed by atoms with Crippen LogP contribution in [0.4, 0.5) is 8.78 Å². The van der Waals surface area contributed by atoms with Crippen molar-refractivity contribution in [3.8, 4) is 5.75 Å². The maximum atomic E-state index is 13.1. The molecule has 2 aromatic rings. The molecule has 0 fully saturated rings. The van der Waals surface area contributed by atoms with E-state index in [1.165, 1.54) is 13.2 Å². The molecule has 0 aliphatic rings. The van der Waals surface area contributed by atoms with E-state index in [0.717, 1.165) is 12.1 Å². The van der Waals surface area contributed by atoms with E-state index in [1.54, 1.807) is 18.2 Å². The van der Waals surface area contributed by atoms with Crippen molar-refractivity contribution in [2.75, 3.05) is 7.11 Å². The fourth-order valence-corrected chi connectivity index (χ4v) is 2.32. The van der Waals surface area contributed by atoms with E-state index < -0.39 is 11.6 Å². The van der Waals surface area contributed by atoms with Crippen molar-refractivity contribution in [2.45, 2.75) is 6.42 Å². The van der Waals surface area contributed by atoms with Crippen molar-refractivity contribution in [3.05, 3.63) is 63.6 Å². The topological polar surface area (TPSA) is 26.3 Å². The van der Waals surface area contributed by atoms with Crippen molar-refractivity contribution in [2.24, 2.45) is 0 Å². The molecule has 0 spiro atoms. The largest absolute Gasteiger partial charge is 0.496 e. The first-order valence-corrected chi connectivity index (χ1v) is 6.61. The number of ether oxygens (including phenoxy) is 1. The third-order valence-corrected chi connectivity index (χ3v) is 3.44. The number of halogens is 3. The van der Waals surface area contributed by atoms with Crippen LogP contribution in [0.2, 0.25) is 0 Å². The summed E-state index contributed by atoms with van der Waals surface area (Å²) >= 11 is 3.30. The quantitative estimate of drug-likeness (QED) is 0.781. The monoisotopic (exact) mass is 340 g/mol. The molecule has 0 aromatic heterocycles. The lowest BCUT2D eigenvalue weighted by atomic mass is 10.0. The Morgan fingerprint density at radius 2 is 1.90 bits per heavy atom. The average Bonchev–Trinajstić information content (AvgIpc) is 2.42. The van der Waals surface area contributed by atoms with E-state index in [9.17, 15) is 13.6 Å². The summed E-state index contributed by atoms with van der Waals surface area (Å²) in [4.78, 5) is 12.1. The Bertz CT molecular complexity index is 656. The number of Topliss-reactive ketones (excluding diaryl/α,β-unsaturated/α-hetero) is 1. The number of benzene rings is 2. The van der Waals surface area contributed by atoms with Gasteiger partial charge in [-0.25, -0.2) is 8.78 Å². The molecule has 2 nitrogen and oxygen atoms in total. The standard InChI is InChI=1S/C15H11BrF2O2/c1-20-15-5-3-10(8-11(15)16)14(19)7-9-2-4-12(17)13(18)6-9/h2-6,8H,7H2,1H3. The second kappa shape index (κ2) is 6.13. The maximum Gasteiger partial charge on any atom is 0.167 e. The van der Waals surface area contributed by atoms with E-state index in [0.29, 0.717) is 21.3 Å². The van der Waals surface area contributed by atoms with Gasteiger partial charge in [0, 0.05) is 12.0 Å². The zero-order chi connectivity index (χ0) is 14.7. The Kier molecular flexibility index (Phi) is 4.49. The first-order valence-electron chi connectivity index (χ1n) is 5.82. The summed E-state index contributed by atoms with van der Waals surface area (Å²) in [6, 6.07) is 8.39. The van der Waals surface area contributed by atoms with Crippen LogP contribution in [0, 0.1) is 11.6 Å². The molecular weight excluding hydrogens is 330 g/mol. The molecule has 0 bridgehead atoms. The average molecular weight is 341 g/mol. The van der Waals surface area contributed by atoms with Crippen LogP contribution in [0.25, 0.3) is 0 Å². The molecule has 5 heteroatoms. The van der Waals surface area contributed by atoms with Gasteiger partial charge in [0.2, 0.25) is 0 Å². The SMILES string of the molecule is COc1ccc(C(=O)Cc2ccc(F)c(F)c2)cc1Br. The summed E-state index contributed by atoms with van der Waals surface area (Å²) in [5, 5.41) is 0. The highest BCUT2D eigenvalue weighted by Gasteiger charge is 2.11. The van der Waals surface area contributed by atoms with Gasteiger partial charge in [0.05, 0.1) is 11.6 Å². The number of carbonyl (C=O) groups is 1. The zero-order valence-corrected chi connectivity index (χ0v) is 12.2. The van der Waals surface area contributed by atoms with Crippen molar-refractivity contribution in [1.82, 2.24) is 0 Å². The molecule has 0 amide bonds. The molecule has 0 radical (unpaired) electrons. The zero-order valence-electron chi connectivity index (χ0n) is 10.6. The summed E-state index contributed by atoms with van der Waals surface area (Å²) in [5.74, 6) is -1.44. The van der Waals surface area contributed by atoms with Gasteiger partial charge in [0.25, 0.3) is 0 Å². The predicted molar refractivity (Wildman–Crippen MR) is 75.1 cm³/mol. The van der Waals surface area contributed by atoms with Gasteiger partial charge < -0.3 is 4.74 Å². The van der Waals surface area contributed by atoms with Gasteiger partial charge in [-0.15, -0.1) is 0 Å². The Hall–Kier alpha value is -1.75. The molecule has 0 atom stereocenters. The molecule has 0 aliphatic carbocycles. The lowest BCUT2D eigenvalue weighted by molar-refractivity contribution is 0.0993. The second-order valence-corrected chi connectivity index (χ2v) is 5.05. The lowest BCUT2D eigenvalue weighted by Crippen LogP contribution is -2.04. The molecule has 20 heavy (non-hydrogen) atoms. The fraction of sp³-hybridized carbons (Fsp3) is 0.133. The van der Waals surface area contributed by atoms with Crippen LogP contribution in [-0.4, -0.2) is 12.9 Å². The van der Waals surface area contributed by atoms with Crippen LogP contribution < -0.4 is 4.74 Å². The molecular formula is C15H11BrF2O2. The predicted octanol–water partition coefficient (Wildman–Crippen LogP) is 4.16. The Morgan fingerprint density at radius 1 is 1.15 bits per heavy atom. The Balaban J connectivity index is 2.19. The van der Waals surface area contributed by atoms with Crippen molar-refractivity contribution >= 4 is 21.7 Å². The molecule has 2 rings (SSSR count). The molecule has 0 N–H and O–H groups in total. The van der Waals surface area contributed by atoms with Gasteiger partial charge in [0.1, 0.15) is 5.75 Å². The number of hydrogen-bond donors (Lipinski definition) is 0. The molecule has 0 aliphatic heterocycles. The van der Waals surface area contributed by atoms with Gasteiger partial charge >= 0.3 is 0 Å². The normalized spacial score (nSPS) is 10.4. The van der Waals surface area contributed by atoms with Crippen LogP contribution in [0.3, 0.4) is 0 Å². The summed E-state index contributed by atoms with van der Waals surface area (Å²) in [6.07, 6.45) is 0.00989. The van der Waals surface area contributed by atoms with Crippen LogP contribution in [-0.2, 0) is 6.42 Å². The summed E-state index contributed by atoms with van der Waals surface area (Å²) in [7, 11) is 1.53. The molecule has 104 valence electrons. The Morgan fingerprint density at radius 3 is 2.50 bits per heavy atom. The van der Waals surface area contributed by atoms with E-state index in [2.05, 4.69) is 15.9 Å². The van der Waals surface area contributed by atoms with Crippen molar-refractivity contribution in [1.29, 1.82) is 0 Å². The van der Waals surface area contributed by atoms with Gasteiger partial charge in [-0.1, -0.05) is 6.07 Å². The third kappa shape index (κ3) is 3.22. The molecule has 0 heterocycles. The minimum absolute atomic E-state index is 0.00989. The van der Waals surface area contributed by atoms with E-state index in [4.69, 9.17) is 4.74 Å². The van der Waals surface area contributed by atoms with Crippen LogP contribution in [0.15, 0.2) is 40.9 Å². The van der Waals surface area contributed by atoms with Gasteiger partial charge in [0.15, 0.2) is 17.4 Å². The van der Waals surface area contributed by atoms with E-state index >= 15 is 0 Å². The van der Waals surface area contributed by atoms with Crippen LogP contribution in [0.1, 0.15) is 15.9 Å². The lowest BCUT2D eigenvalue weighted by Gasteiger charge is -2.06. The van der Waals surface area contributed by atoms with Crippen LogP contribution >= 0.6 is 15.9 Å². The number of carbonyl (C=O) groups excluding carboxylic acids is 1. The maximum absolute atomic E-state index is 13.1. The van der Waals surface area contributed by atoms with Gasteiger partial charge in [-0.05, 0) is 51.8 Å². The molecule has 2 aromatic carbocycles. The number of rotatable bonds is 4. The first-order chi connectivity index (χ1) is 9.51. The van der Waals surface area contributed by atoms with Crippen molar-refractivity contribution < 1.29 is 18.3 Å². The summed E-state index contributed by atoms with van der Waals surface area (Å²) < 4.78 is 31.6. The second-order valence-electron chi connectivity index (χ2n) is 4.20. The molecule has 0 unspecified atom stereocenters. The summed E-state index contributed by atoms with van der Waals surface area (Å²) in [5.41, 5.74) is 0.906. The van der Waals surface area contributed by atoms with Gasteiger partial charge in [-0.3, -0.25) is 4.79 Å². The van der Waals surface area contributed by atoms with Crippen LogP contribution in [0.5, 0.6) is 5.75 Å². The number of hydrogen-bond acceptors (Lipinski definition) is 2. The number of ketones is 1. The van der Waals surface area contributed by atoms with E-state index in [-0.39, 0.29) is 12.2 Å². The highest BCUT2D eigenvalue weighted by atomic mass is 79.9. The molecule has 0 saturated carbocycles. The first kappa shape index (κ1) is 14.7. The molecule has 0 saturated heterocycles. The minimum Gasteiger partial charge on any atom is -0.496 e. The van der Waals surface area contributed by atoms with E-state index in [1.807, 2.05) is 0 Å². The minimum atomic E-state index is -0.953. The number of methoxy groups -OCH3 is 1. The highest BCUT2D eigenvalue weighted by Crippen LogP contribution is 2.26. The fourth-order valence-electron chi connectivity index (χ4n) is 1.78. The van der Waals surface area contributed by atoms with Crippen molar-refractivity contribution in [3.63, 3.8) is 0 Å². The summed E-state index contributed by atoms with van der Waals surface area (Å²) in [6.45, 7) is 0. The van der Waals surface area contributed by atoms with Gasteiger partial charge in [-0.2, -0.15) is 0 Å². The third-order valence-electron chi connectivity index (χ3n) is 2.82. The smallest absolute Gasteiger partial charge is 0.167 e. The highest BCUT2D eigenvalue weighted by molar-refractivity contribution is 9.10. The Labute approximate surface area is 123 Å².